The van der Waals surface area contributed by atoms with Gasteiger partial charge in [0.2, 0.25) is 0 Å². The number of carboxylic acids is 1. The van der Waals surface area contributed by atoms with Crippen LogP contribution in [-0.2, 0) is 4.79 Å². The zero-order chi connectivity index (χ0) is 15.2. The molecule has 0 atom stereocenters. The molecular weight excluding hydrogens is 284 g/mol. The van der Waals surface area contributed by atoms with Crippen LogP contribution in [0.5, 0.6) is 5.75 Å². The first-order chi connectivity index (χ1) is 10.1. The van der Waals surface area contributed by atoms with Crippen molar-refractivity contribution in [1.82, 2.24) is 0 Å². The summed E-state index contributed by atoms with van der Waals surface area (Å²) in [4.78, 5) is 12.4. The van der Waals surface area contributed by atoms with Gasteiger partial charge in [-0.1, -0.05) is 19.1 Å². The lowest BCUT2D eigenvalue weighted by Crippen LogP contribution is -2.01. The van der Waals surface area contributed by atoms with Crippen LogP contribution in [0.1, 0.15) is 29.3 Å². The fraction of sp³-hybridized carbons (Fsp3) is 0.235. The van der Waals surface area contributed by atoms with Gasteiger partial charge in [0.15, 0.2) is 0 Å². The molecule has 0 saturated carbocycles. The van der Waals surface area contributed by atoms with Crippen molar-refractivity contribution in [2.24, 2.45) is 0 Å². The number of aryl methyl sites for hydroxylation is 1. The molecule has 0 fully saturated rings. The molecule has 1 aromatic heterocycles. The first-order valence-electron chi connectivity index (χ1n) is 6.84. The maximum Gasteiger partial charge on any atom is 0.336 e. The lowest BCUT2D eigenvalue weighted by molar-refractivity contribution is -0.130. The Kier molecular flexibility index (Phi) is 5.17. The fourth-order valence-corrected chi connectivity index (χ4v) is 2.63. The van der Waals surface area contributed by atoms with E-state index in [-0.39, 0.29) is 0 Å². The summed E-state index contributed by atoms with van der Waals surface area (Å²) in [5, 5.41) is 11.4. The summed E-state index contributed by atoms with van der Waals surface area (Å²) in [6.07, 6.45) is 2.65. The van der Waals surface area contributed by atoms with Crippen molar-refractivity contribution in [2.75, 3.05) is 6.61 Å². The van der Waals surface area contributed by atoms with E-state index in [0.717, 1.165) is 22.6 Å². The zero-order valence-electron chi connectivity index (χ0n) is 12.1. The second-order valence-electron chi connectivity index (χ2n) is 4.71. The normalized spacial score (nSPS) is 11.4. The lowest BCUT2D eigenvalue weighted by Gasteiger charge is -2.10. The van der Waals surface area contributed by atoms with Crippen molar-refractivity contribution in [3.8, 4) is 5.75 Å². The minimum atomic E-state index is -0.926. The van der Waals surface area contributed by atoms with Crippen molar-refractivity contribution in [1.29, 1.82) is 0 Å². The molecule has 2 aromatic rings. The Balaban J connectivity index is 2.34. The van der Waals surface area contributed by atoms with Gasteiger partial charge < -0.3 is 9.84 Å². The van der Waals surface area contributed by atoms with Gasteiger partial charge in [-0.05, 0) is 54.1 Å². The molecule has 2 rings (SSSR count). The highest BCUT2D eigenvalue weighted by atomic mass is 32.1. The minimum Gasteiger partial charge on any atom is -0.493 e. The van der Waals surface area contributed by atoms with E-state index in [1.165, 1.54) is 11.3 Å². The van der Waals surface area contributed by atoms with E-state index in [2.05, 4.69) is 6.92 Å². The summed E-state index contributed by atoms with van der Waals surface area (Å²) in [7, 11) is 0. The molecule has 4 heteroatoms. The van der Waals surface area contributed by atoms with Crippen LogP contribution in [0.3, 0.4) is 0 Å². The second kappa shape index (κ2) is 7.09. The van der Waals surface area contributed by atoms with Crippen molar-refractivity contribution in [2.45, 2.75) is 20.3 Å². The zero-order valence-corrected chi connectivity index (χ0v) is 12.9. The number of aliphatic carboxylic acids is 1. The maximum absolute atomic E-state index is 11.5. The molecule has 0 spiro atoms. The van der Waals surface area contributed by atoms with Crippen LogP contribution >= 0.6 is 11.3 Å². The molecule has 0 bridgehead atoms. The average Bonchev–Trinajstić information content (AvgIpc) is 2.96. The Morgan fingerprint density at radius 2 is 2.19 bits per heavy atom. The molecule has 0 aliphatic heterocycles. The van der Waals surface area contributed by atoms with Crippen LogP contribution in [-0.4, -0.2) is 17.7 Å². The van der Waals surface area contributed by atoms with Crippen LogP contribution in [0.25, 0.3) is 11.6 Å². The summed E-state index contributed by atoms with van der Waals surface area (Å²) in [5.74, 6) is -0.119. The number of hydrogen-bond acceptors (Lipinski definition) is 3. The summed E-state index contributed by atoms with van der Waals surface area (Å²) in [5.41, 5.74) is 1.93. The van der Waals surface area contributed by atoms with Gasteiger partial charge >= 0.3 is 5.97 Å². The Hall–Kier alpha value is -2.07. The Morgan fingerprint density at radius 1 is 1.38 bits per heavy atom. The minimum absolute atomic E-state index is 0.294. The van der Waals surface area contributed by atoms with Crippen molar-refractivity contribution in [3.05, 3.63) is 51.7 Å². The topological polar surface area (TPSA) is 46.5 Å². The average molecular weight is 302 g/mol. The number of rotatable bonds is 6. The predicted molar refractivity (Wildman–Crippen MR) is 86.8 cm³/mol. The molecule has 0 aliphatic rings. The highest BCUT2D eigenvalue weighted by Crippen LogP contribution is 2.26. The maximum atomic E-state index is 11.5. The number of carbonyl (C=O) groups is 1. The molecule has 0 radical (unpaired) electrons. The molecule has 21 heavy (non-hydrogen) atoms. The van der Waals surface area contributed by atoms with Gasteiger partial charge in [0.05, 0.1) is 12.2 Å². The third-order valence-corrected chi connectivity index (χ3v) is 3.83. The van der Waals surface area contributed by atoms with Crippen LogP contribution in [0.15, 0.2) is 35.7 Å². The Bertz CT molecular complexity index is 642. The standard InChI is InChI=1S/C17H18O3S/c1-3-8-20-16-7-6-13(10-12(16)2)15(17(18)19)11-14-5-4-9-21-14/h4-7,9-11H,3,8H2,1-2H3,(H,18,19)/b15-11-. The first-order valence-corrected chi connectivity index (χ1v) is 7.72. The quantitative estimate of drug-likeness (QED) is 0.801. The summed E-state index contributed by atoms with van der Waals surface area (Å²) in [6.45, 7) is 4.64. The third kappa shape index (κ3) is 3.95. The molecule has 3 nitrogen and oxygen atoms in total. The van der Waals surface area contributed by atoms with Gasteiger partial charge in [0.1, 0.15) is 5.75 Å². The molecule has 110 valence electrons. The number of thiophene rings is 1. The monoisotopic (exact) mass is 302 g/mol. The number of carboxylic acid groups (broad SMARTS) is 1. The van der Waals surface area contributed by atoms with Gasteiger partial charge in [-0.25, -0.2) is 4.79 Å². The number of ether oxygens (including phenoxy) is 1. The smallest absolute Gasteiger partial charge is 0.336 e. The number of benzene rings is 1. The highest BCUT2D eigenvalue weighted by molar-refractivity contribution is 7.10. The van der Waals surface area contributed by atoms with E-state index in [1.54, 1.807) is 12.1 Å². The molecule has 0 unspecified atom stereocenters. The fourth-order valence-electron chi connectivity index (χ4n) is 1.98. The van der Waals surface area contributed by atoms with Gasteiger partial charge in [0.25, 0.3) is 0 Å². The molecule has 0 aliphatic carbocycles. The molecule has 0 amide bonds. The molecule has 0 saturated heterocycles. The van der Waals surface area contributed by atoms with Gasteiger partial charge in [-0.2, -0.15) is 0 Å². The van der Waals surface area contributed by atoms with Gasteiger partial charge in [-0.3, -0.25) is 0 Å². The lowest BCUT2D eigenvalue weighted by atomic mass is 10.0. The summed E-state index contributed by atoms with van der Waals surface area (Å²) in [6, 6.07) is 9.30. The third-order valence-electron chi connectivity index (χ3n) is 3.01. The molecule has 1 N–H and O–H groups in total. The molecule has 1 aromatic carbocycles. The van der Waals surface area contributed by atoms with Gasteiger partial charge in [0, 0.05) is 4.88 Å². The second-order valence-corrected chi connectivity index (χ2v) is 5.69. The Labute approximate surface area is 128 Å². The van der Waals surface area contributed by atoms with Crippen molar-refractivity contribution in [3.63, 3.8) is 0 Å². The molecule has 1 heterocycles. The summed E-state index contributed by atoms with van der Waals surface area (Å²) < 4.78 is 5.62. The van der Waals surface area contributed by atoms with E-state index < -0.39 is 5.97 Å². The van der Waals surface area contributed by atoms with Gasteiger partial charge in [-0.15, -0.1) is 11.3 Å². The van der Waals surface area contributed by atoms with E-state index in [0.29, 0.717) is 17.7 Å². The van der Waals surface area contributed by atoms with Crippen LogP contribution in [0.4, 0.5) is 0 Å². The first kappa shape index (κ1) is 15.3. The van der Waals surface area contributed by atoms with E-state index >= 15 is 0 Å². The van der Waals surface area contributed by atoms with E-state index in [1.807, 2.05) is 36.6 Å². The summed E-state index contributed by atoms with van der Waals surface area (Å²) >= 11 is 1.52. The van der Waals surface area contributed by atoms with Crippen molar-refractivity contribution >= 4 is 29.0 Å². The van der Waals surface area contributed by atoms with E-state index in [9.17, 15) is 9.90 Å². The molecular formula is C17H18O3S. The highest BCUT2D eigenvalue weighted by Gasteiger charge is 2.12. The Morgan fingerprint density at radius 3 is 2.76 bits per heavy atom. The largest absolute Gasteiger partial charge is 0.493 e. The number of hydrogen-bond donors (Lipinski definition) is 1. The van der Waals surface area contributed by atoms with Crippen molar-refractivity contribution < 1.29 is 14.6 Å². The van der Waals surface area contributed by atoms with Crippen LogP contribution in [0.2, 0.25) is 0 Å². The SMILES string of the molecule is CCCOc1ccc(/C(=C/c2cccs2)C(=O)O)cc1C. The van der Waals surface area contributed by atoms with Crippen LogP contribution < -0.4 is 4.74 Å². The van der Waals surface area contributed by atoms with E-state index in [4.69, 9.17) is 4.74 Å². The predicted octanol–water partition coefficient (Wildman–Crippen LogP) is 4.47. The van der Waals surface area contributed by atoms with Crippen LogP contribution in [0, 0.1) is 6.92 Å².